The first-order chi connectivity index (χ1) is 12.4. The summed E-state index contributed by atoms with van der Waals surface area (Å²) in [6, 6.07) is 5.71. The summed E-state index contributed by atoms with van der Waals surface area (Å²) in [6.07, 6.45) is 2.39. The lowest BCUT2D eigenvalue weighted by Crippen LogP contribution is -2.50. The van der Waals surface area contributed by atoms with Gasteiger partial charge >= 0.3 is 0 Å². The molecule has 1 heterocycles. The molecule has 1 aromatic rings. The van der Waals surface area contributed by atoms with Crippen molar-refractivity contribution in [3.63, 3.8) is 0 Å². The Hall–Kier alpha value is -1.95. The van der Waals surface area contributed by atoms with Gasteiger partial charge in [-0.3, -0.25) is 14.5 Å². The largest absolute Gasteiger partial charge is 0.353 e. The number of benzene rings is 1. The van der Waals surface area contributed by atoms with Crippen LogP contribution in [0.5, 0.6) is 0 Å². The molecule has 0 aromatic heterocycles. The zero-order valence-corrected chi connectivity index (χ0v) is 15.9. The minimum Gasteiger partial charge on any atom is -0.353 e. The van der Waals surface area contributed by atoms with Gasteiger partial charge in [0.25, 0.3) is 5.91 Å². The van der Waals surface area contributed by atoms with E-state index < -0.39 is 11.7 Å². The Kier molecular flexibility index (Phi) is 7.57. The van der Waals surface area contributed by atoms with Crippen LogP contribution in [0.2, 0.25) is 0 Å². The molecule has 0 aliphatic carbocycles. The van der Waals surface area contributed by atoms with Gasteiger partial charge in [0, 0.05) is 18.2 Å². The van der Waals surface area contributed by atoms with Crippen LogP contribution in [-0.4, -0.2) is 48.9 Å². The highest BCUT2D eigenvalue weighted by Crippen LogP contribution is 2.21. The second-order valence-electron chi connectivity index (χ2n) is 7.53. The molecule has 6 heteroatoms. The second-order valence-corrected chi connectivity index (χ2v) is 7.53. The van der Waals surface area contributed by atoms with Gasteiger partial charge in [0.05, 0.1) is 6.54 Å². The number of hydrogen-bond donors (Lipinski definition) is 2. The average Bonchev–Trinajstić information content (AvgIpc) is 2.61. The Morgan fingerprint density at radius 1 is 1.23 bits per heavy atom. The molecule has 1 aliphatic rings. The number of carbonyl (C=O) groups excluding carboxylic acids is 2. The zero-order valence-electron chi connectivity index (χ0n) is 15.9. The molecule has 0 saturated carbocycles. The summed E-state index contributed by atoms with van der Waals surface area (Å²) in [6.45, 7) is 9.20. The van der Waals surface area contributed by atoms with Gasteiger partial charge in [0.15, 0.2) is 0 Å². The molecule has 5 nitrogen and oxygen atoms in total. The van der Waals surface area contributed by atoms with Gasteiger partial charge in [-0.05, 0) is 56.0 Å². The SMILES string of the molecule is CC1CCN(C(CNC(=O)CNC(=O)c2cccc(F)c2)C(C)C)CC1. The predicted octanol–water partition coefficient (Wildman–Crippen LogP) is 2.43. The lowest BCUT2D eigenvalue weighted by Gasteiger charge is -2.38. The van der Waals surface area contributed by atoms with Crippen LogP contribution in [-0.2, 0) is 4.79 Å². The molecule has 0 bridgehead atoms. The maximum atomic E-state index is 13.1. The van der Waals surface area contributed by atoms with Gasteiger partial charge in [0.1, 0.15) is 5.82 Å². The Bertz CT molecular complexity index is 613. The highest BCUT2D eigenvalue weighted by atomic mass is 19.1. The number of amides is 2. The fourth-order valence-corrected chi connectivity index (χ4v) is 3.32. The number of nitrogens with zero attached hydrogens (tertiary/aromatic N) is 1. The summed E-state index contributed by atoms with van der Waals surface area (Å²) in [7, 11) is 0. The molecule has 0 radical (unpaired) electrons. The molecule has 1 aromatic carbocycles. The van der Waals surface area contributed by atoms with Crippen molar-refractivity contribution in [2.75, 3.05) is 26.2 Å². The van der Waals surface area contributed by atoms with Crippen LogP contribution in [0.3, 0.4) is 0 Å². The Balaban J connectivity index is 1.78. The first-order valence-corrected chi connectivity index (χ1v) is 9.41. The summed E-state index contributed by atoms with van der Waals surface area (Å²) < 4.78 is 13.1. The van der Waals surface area contributed by atoms with E-state index in [1.807, 2.05) is 0 Å². The zero-order chi connectivity index (χ0) is 19.1. The summed E-state index contributed by atoms with van der Waals surface area (Å²) in [5, 5.41) is 5.45. The monoisotopic (exact) mass is 363 g/mol. The smallest absolute Gasteiger partial charge is 0.251 e. The normalized spacial score (nSPS) is 17.1. The van der Waals surface area contributed by atoms with Gasteiger partial charge in [0.2, 0.25) is 5.91 Å². The molecule has 0 spiro atoms. The first-order valence-electron chi connectivity index (χ1n) is 9.41. The van der Waals surface area contributed by atoms with Crippen molar-refractivity contribution in [3.8, 4) is 0 Å². The van der Waals surface area contributed by atoms with Crippen molar-refractivity contribution in [3.05, 3.63) is 35.6 Å². The fourth-order valence-electron chi connectivity index (χ4n) is 3.32. The van der Waals surface area contributed by atoms with E-state index in [0.717, 1.165) is 25.1 Å². The van der Waals surface area contributed by atoms with Crippen molar-refractivity contribution >= 4 is 11.8 Å². The van der Waals surface area contributed by atoms with E-state index in [0.29, 0.717) is 18.5 Å². The molecule has 26 heavy (non-hydrogen) atoms. The molecular weight excluding hydrogens is 333 g/mol. The summed E-state index contributed by atoms with van der Waals surface area (Å²) >= 11 is 0. The van der Waals surface area contributed by atoms with E-state index in [2.05, 4.69) is 36.3 Å². The Morgan fingerprint density at radius 2 is 1.92 bits per heavy atom. The topological polar surface area (TPSA) is 61.4 Å². The number of carbonyl (C=O) groups is 2. The van der Waals surface area contributed by atoms with E-state index in [4.69, 9.17) is 0 Å². The van der Waals surface area contributed by atoms with Crippen LogP contribution in [0.15, 0.2) is 24.3 Å². The summed E-state index contributed by atoms with van der Waals surface area (Å²) in [5.74, 6) is 0.0471. The molecule has 1 saturated heterocycles. The Morgan fingerprint density at radius 3 is 2.54 bits per heavy atom. The van der Waals surface area contributed by atoms with Crippen LogP contribution in [0.25, 0.3) is 0 Å². The van der Waals surface area contributed by atoms with Gasteiger partial charge in [-0.2, -0.15) is 0 Å². The van der Waals surface area contributed by atoms with Crippen LogP contribution in [0.4, 0.5) is 4.39 Å². The standard InChI is InChI=1S/C20H30FN3O2/c1-14(2)18(24-9-7-15(3)8-10-24)12-22-19(25)13-23-20(26)16-5-4-6-17(21)11-16/h4-6,11,14-15,18H,7-10,12-13H2,1-3H3,(H,22,25)(H,23,26). The van der Waals surface area contributed by atoms with Gasteiger partial charge in [-0.15, -0.1) is 0 Å². The van der Waals surface area contributed by atoms with Crippen LogP contribution in [0, 0.1) is 17.7 Å². The van der Waals surface area contributed by atoms with Crippen molar-refractivity contribution in [1.29, 1.82) is 0 Å². The van der Waals surface area contributed by atoms with E-state index in [1.165, 1.54) is 31.0 Å². The number of rotatable bonds is 7. The number of nitrogens with one attached hydrogen (secondary N) is 2. The van der Waals surface area contributed by atoms with E-state index in [-0.39, 0.29) is 18.0 Å². The first kappa shape index (κ1) is 20.4. The molecule has 1 atom stereocenters. The van der Waals surface area contributed by atoms with Crippen LogP contribution in [0.1, 0.15) is 44.0 Å². The quantitative estimate of drug-likeness (QED) is 0.782. The van der Waals surface area contributed by atoms with Gasteiger partial charge in [-0.1, -0.05) is 26.8 Å². The fraction of sp³-hybridized carbons (Fsp3) is 0.600. The summed E-state index contributed by atoms with van der Waals surface area (Å²) in [4.78, 5) is 26.5. The third kappa shape index (κ3) is 6.09. The number of halogens is 1. The van der Waals surface area contributed by atoms with E-state index >= 15 is 0 Å². The van der Waals surface area contributed by atoms with Crippen molar-refractivity contribution in [1.82, 2.24) is 15.5 Å². The minimum absolute atomic E-state index is 0.114. The molecule has 1 aliphatic heterocycles. The minimum atomic E-state index is -0.474. The van der Waals surface area contributed by atoms with Crippen LogP contribution >= 0.6 is 0 Å². The maximum absolute atomic E-state index is 13.1. The third-order valence-electron chi connectivity index (χ3n) is 5.06. The van der Waals surface area contributed by atoms with Crippen molar-refractivity contribution in [2.45, 2.75) is 39.7 Å². The van der Waals surface area contributed by atoms with Gasteiger partial charge < -0.3 is 10.6 Å². The van der Waals surface area contributed by atoms with E-state index in [1.54, 1.807) is 0 Å². The van der Waals surface area contributed by atoms with Crippen molar-refractivity contribution < 1.29 is 14.0 Å². The average molecular weight is 363 g/mol. The highest BCUT2D eigenvalue weighted by molar-refractivity contribution is 5.96. The molecule has 1 fully saturated rings. The molecule has 2 N–H and O–H groups in total. The molecule has 2 rings (SSSR count). The van der Waals surface area contributed by atoms with Crippen LogP contribution < -0.4 is 10.6 Å². The maximum Gasteiger partial charge on any atom is 0.251 e. The molecule has 2 amide bonds. The number of hydrogen-bond acceptors (Lipinski definition) is 3. The third-order valence-corrected chi connectivity index (χ3v) is 5.06. The lowest BCUT2D eigenvalue weighted by atomic mass is 9.94. The molecule has 1 unspecified atom stereocenters. The summed E-state index contributed by atoms with van der Waals surface area (Å²) in [5.41, 5.74) is 0.209. The predicted molar refractivity (Wildman–Crippen MR) is 100 cm³/mol. The van der Waals surface area contributed by atoms with Crippen molar-refractivity contribution in [2.24, 2.45) is 11.8 Å². The Labute approximate surface area is 155 Å². The molecular formula is C20H30FN3O2. The number of piperidine rings is 1. The van der Waals surface area contributed by atoms with E-state index in [9.17, 15) is 14.0 Å². The second kappa shape index (κ2) is 9.67. The number of likely N-dealkylation sites (tertiary alicyclic amines) is 1. The highest BCUT2D eigenvalue weighted by Gasteiger charge is 2.25. The van der Waals surface area contributed by atoms with Gasteiger partial charge in [-0.25, -0.2) is 4.39 Å². The molecule has 144 valence electrons. The lowest BCUT2D eigenvalue weighted by molar-refractivity contribution is -0.120.